The van der Waals surface area contributed by atoms with E-state index in [1.165, 1.54) is 22.3 Å². The van der Waals surface area contributed by atoms with Crippen molar-refractivity contribution in [3.63, 3.8) is 0 Å². The average molecular weight is 203 g/mol. The summed E-state index contributed by atoms with van der Waals surface area (Å²) in [6.07, 6.45) is 1.86. The van der Waals surface area contributed by atoms with Crippen LogP contribution in [0.2, 0.25) is 0 Å². The van der Waals surface area contributed by atoms with Gasteiger partial charge in [-0.05, 0) is 31.9 Å². The molecule has 1 heterocycles. The van der Waals surface area contributed by atoms with Gasteiger partial charge in [-0.1, -0.05) is 17.7 Å². The standard InChI is InChI=1S/C12H13NS/c1-8-6-9(2)11(10(3)7-8)12-13-4-5-14-12/h4-7H,1-3H3. The molecular weight excluding hydrogens is 190 g/mol. The SMILES string of the molecule is Cc1cc(C)c(-c2nccs2)c(C)c1. The number of thiazole rings is 1. The number of hydrogen-bond acceptors (Lipinski definition) is 2. The second-order valence-electron chi connectivity index (χ2n) is 3.61. The first-order valence-corrected chi connectivity index (χ1v) is 5.54. The molecule has 2 aromatic rings. The molecular formula is C12H13NS. The van der Waals surface area contributed by atoms with Crippen LogP contribution >= 0.6 is 11.3 Å². The largest absolute Gasteiger partial charge is 0.245 e. The highest BCUT2D eigenvalue weighted by molar-refractivity contribution is 7.13. The average Bonchev–Trinajstić information content (AvgIpc) is 2.54. The quantitative estimate of drug-likeness (QED) is 0.688. The molecule has 0 radical (unpaired) electrons. The van der Waals surface area contributed by atoms with Gasteiger partial charge in [0.05, 0.1) is 0 Å². The van der Waals surface area contributed by atoms with Crippen LogP contribution in [0.5, 0.6) is 0 Å². The summed E-state index contributed by atoms with van der Waals surface area (Å²) in [6.45, 7) is 6.43. The van der Waals surface area contributed by atoms with E-state index in [1.54, 1.807) is 11.3 Å². The van der Waals surface area contributed by atoms with Gasteiger partial charge in [-0.3, -0.25) is 0 Å². The highest BCUT2D eigenvalue weighted by Crippen LogP contribution is 2.29. The second-order valence-corrected chi connectivity index (χ2v) is 4.51. The first-order valence-electron chi connectivity index (χ1n) is 4.66. The van der Waals surface area contributed by atoms with Gasteiger partial charge in [-0.2, -0.15) is 0 Å². The van der Waals surface area contributed by atoms with Gasteiger partial charge < -0.3 is 0 Å². The lowest BCUT2D eigenvalue weighted by atomic mass is 10.0. The Morgan fingerprint density at radius 3 is 2.21 bits per heavy atom. The van der Waals surface area contributed by atoms with E-state index in [2.05, 4.69) is 37.9 Å². The molecule has 1 aromatic heterocycles. The van der Waals surface area contributed by atoms with E-state index in [4.69, 9.17) is 0 Å². The molecule has 0 atom stereocenters. The molecule has 2 rings (SSSR count). The summed E-state index contributed by atoms with van der Waals surface area (Å²) in [6, 6.07) is 4.42. The van der Waals surface area contributed by atoms with Gasteiger partial charge in [0.1, 0.15) is 5.01 Å². The van der Waals surface area contributed by atoms with E-state index in [0.29, 0.717) is 0 Å². The highest BCUT2D eigenvalue weighted by Gasteiger charge is 2.07. The van der Waals surface area contributed by atoms with Crippen molar-refractivity contribution in [2.24, 2.45) is 0 Å². The smallest absolute Gasteiger partial charge is 0.123 e. The second kappa shape index (κ2) is 3.54. The maximum atomic E-state index is 4.36. The summed E-state index contributed by atoms with van der Waals surface area (Å²) in [7, 11) is 0. The number of hydrogen-bond donors (Lipinski definition) is 0. The fourth-order valence-electron chi connectivity index (χ4n) is 1.86. The van der Waals surface area contributed by atoms with Crippen molar-refractivity contribution in [3.8, 4) is 10.6 Å². The zero-order valence-electron chi connectivity index (χ0n) is 8.66. The molecule has 1 nitrogen and oxygen atoms in total. The summed E-state index contributed by atoms with van der Waals surface area (Å²) in [5.74, 6) is 0. The summed E-state index contributed by atoms with van der Waals surface area (Å²) in [5, 5.41) is 3.15. The molecule has 0 aliphatic heterocycles. The first kappa shape index (κ1) is 9.41. The number of nitrogens with zero attached hydrogens (tertiary/aromatic N) is 1. The molecule has 0 spiro atoms. The molecule has 0 N–H and O–H groups in total. The maximum absolute atomic E-state index is 4.36. The van der Waals surface area contributed by atoms with Gasteiger partial charge in [0.2, 0.25) is 0 Å². The summed E-state index contributed by atoms with van der Waals surface area (Å²) in [5.41, 5.74) is 5.25. The van der Waals surface area contributed by atoms with Crippen molar-refractivity contribution in [3.05, 3.63) is 40.4 Å². The van der Waals surface area contributed by atoms with Crippen LogP contribution in [0.1, 0.15) is 16.7 Å². The van der Waals surface area contributed by atoms with Crippen molar-refractivity contribution in [2.45, 2.75) is 20.8 Å². The monoisotopic (exact) mass is 203 g/mol. The number of benzene rings is 1. The molecule has 72 valence electrons. The highest BCUT2D eigenvalue weighted by atomic mass is 32.1. The first-order chi connectivity index (χ1) is 6.68. The third-order valence-electron chi connectivity index (χ3n) is 2.32. The Morgan fingerprint density at radius 1 is 1.07 bits per heavy atom. The Hall–Kier alpha value is -1.15. The molecule has 14 heavy (non-hydrogen) atoms. The van der Waals surface area contributed by atoms with Gasteiger partial charge in [0, 0.05) is 17.1 Å². The minimum absolute atomic E-state index is 1.12. The van der Waals surface area contributed by atoms with Crippen molar-refractivity contribution in [1.82, 2.24) is 4.98 Å². The van der Waals surface area contributed by atoms with Gasteiger partial charge in [-0.15, -0.1) is 11.3 Å². The van der Waals surface area contributed by atoms with E-state index >= 15 is 0 Å². The van der Waals surface area contributed by atoms with Gasteiger partial charge >= 0.3 is 0 Å². The van der Waals surface area contributed by atoms with E-state index < -0.39 is 0 Å². The van der Waals surface area contributed by atoms with Crippen molar-refractivity contribution in [1.29, 1.82) is 0 Å². The fourth-order valence-corrected chi connectivity index (χ4v) is 2.68. The van der Waals surface area contributed by atoms with Gasteiger partial charge in [0.25, 0.3) is 0 Å². The van der Waals surface area contributed by atoms with E-state index in [-0.39, 0.29) is 0 Å². The Morgan fingerprint density at radius 2 is 1.71 bits per heavy atom. The minimum Gasteiger partial charge on any atom is -0.245 e. The molecule has 0 saturated carbocycles. The lowest BCUT2D eigenvalue weighted by Gasteiger charge is -2.08. The topological polar surface area (TPSA) is 12.9 Å². The number of aryl methyl sites for hydroxylation is 3. The summed E-state index contributed by atoms with van der Waals surface area (Å²) < 4.78 is 0. The van der Waals surface area contributed by atoms with Crippen LogP contribution in [0.25, 0.3) is 10.6 Å². The predicted octanol–water partition coefficient (Wildman–Crippen LogP) is 3.74. The summed E-state index contributed by atoms with van der Waals surface area (Å²) in [4.78, 5) is 4.36. The third kappa shape index (κ3) is 1.58. The lowest BCUT2D eigenvalue weighted by Crippen LogP contribution is -1.88. The van der Waals surface area contributed by atoms with Crippen LogP contribution in [-0.4, -0.2) is 4.98 Å². The van der Waals surface area contributed by atoms with Crippen molar-refractivity contribution in [2.75, 3.05) is 0 Å². The van der Waals surface area contributed by atoms with E-state index in [0.717, 1.165) is 5.01 Å². The predicted molar refractivity (Wildman–Crippen MR) is 61.8 cm³/mol. The molecule has 0 saturated heterocycles. The Labute approximate surface area is 88.4 Å². The fraction of sp³-hybridized carbons (Fsp3) is 0.250. The van der Waals surface area contributed by atoms with Crippen molar-refractivity contribution < 1.29 is 0 Å². The lowest BCUT2D eigenvalue weighted by molar-refractivity contribution is 1.30. The Bertz CT molecular complexity index is 420. The molecule has 0 bridgehead atoms. The van der Waals surface area contributed by atoms with Crippen LogP contribution in [-0.2, 0) is 0 Å². The van der Waals surface area contributed by atoms with E-state index in [9.17, 15) is 0 Å². The molecule has 0 aliphatic rings. The van der Waals surface area contributed by atoms with Crippen LogP contribution in [0, 0.1) is 20.8 Å². The maximum Gasteiger partial charge on any atom is 0.123 e. The van der Waals surface area contributed by atoms with Crippen LogP contribution in [0.3, 0.4) is 0 Å². The molecule has 0 aliphatic carbocycles. The molecule has 0 unspecified atom stereocenters. The molecule has 2 heteroatoms. The molecule has 1 aromatic carbocycles. The summed E-state index contributed by atoms with van der Waals surface area (Å²) >= 11 is 1.70. The number of aromatic nitrogens is 1. The van der Waals surface area contributed by atoms with E-state index in [1.807, 2.05) is 11.6 Å². The zero-order chi connectivity index (χ0) is 10.1. The van der Waals surface area contributed by atoms with Crippen LogP contribution < -0.4 is 0 Å². The normalized spacial score (nSPS) is 10.5. The Kier molecular flexibility index (Phi) is 2.38. The van der Waals surface area contributed by atoms with Crippen LogP contribution in [0.4, 0.5) is 0 Å². The van der Waals surface area contributed by atoms with Crippen molar-refractivity contribution >= 4 is 11.3 Å². The Balaban J connectivity index is 2.64. The molecule has 0 amide bonds. The minimum atomic E-state index is 1.12. The number of rotatable bonds is 1. The van der Waals surface area contributed by atoms with Gasteiger partial charge in [0.15, 0.2) is 0 Å². The zero-order valence-corrected chi connectivity index (χ0v) is 9.48. The van der Waals surface area contributed by atoms with Gasteiger partial charge in [-0.25, -0.2) is 4.98 Å². The van der Waals surface area contributed by atoms with Crippen LogP contribution in [0.15, 0.2) is 23.7 Å². The molecule has 0 fully saturated rings. The third-order valence-corrected chi connectivity index (χ3v) is 3.11.